The van der Waals surface area contributed by atoms with E-state index in [0.29, 0.717) is 6.54 Å². The highest BCUT2D eigenvalue weighted by Crippen LogP contribution is 2.42. The molecule has 1 rings (SSSR count). The Kier molecular flexibility index (Phi) is 4.46. The van der Waals surface area contributed by atoms with Crippen LogP contribution in [-0.4, -0.2) is 40.7 Å². The summed E-state index contributed by atoms with van der Waals surface area (Å²) < 4.78 is 0.170. The van der Waals surface area contributed by atoms with Crippen molar-refractivity contribution in [3.8, 4) is 0 Å². The first-order valence-corrected chi connectivity index (χ1v) is 6.54. The maximum absolute atomic E-state index is 11.4. The Morgan fingerprint density at radius 1 is 1.50 bits per heavy atom. The number of carboxylic acids is 1. The number of aliphatic carboxylic acids is 1. The largest absolute Gasteiger partial charge is 0.480 e. The minimum absolute atomic E-state index is 0.170. The monoisotopic (exact) mass is 246 g/mol. The summed E-state index contributed by atoms with van der Waals surface area (Å²) in [4.78, 5) is 21.9. The summed E-state index contributed by atoms with van der Waals surface area (Å²) in [5.74, 6) is -1.03. The SMILES string of the molecule is CSC1(CNC(=O)NC(C)C(=O)O)CCC1. The molecule has 5 nitrogen and oxygen atoms in total. The molecule has 0 radical (unpaired) electrons. The number of rotatable bonds is 5. The van der Waals surface area contributed by atoms with Gasteiger partial charge in [-0.05, 0) is 26.0 Å². The molecular weight excluding hydrogens is 228 g/mol. The Labute approximate surface area is 99.4 Å². The summed E-state index contributed by atoms with van der Waals surface area (Å²) >= 11 is 1.77. The van der Waals surface area contributed by atoms with E-state index in [9.17, 15) is 9.59 Å². The molecule has 3 N–H and O–H groups in total. The molecule has 2 amide bonds. The second-order valence-electron chi connectivity index (χ2n) is 4.13. The van der Waals surface area contributed by atoms with Crippen LogP contribution in [0.1, 0.15) is 26.2 Å². The molecule has 6 heteroatoms. The quantitative estimate of drug-likeness (QED) is 0.677. The van der Waals surface area contributed by atoms with Crippen molar-refractivity contribution in [2.45, 2.75) is 37.0 Å². The van der Waals surface area contributed by atoms with Crippen molar-refractivity contribution in [3.63, 3.8) is 0 Å². The molecule has 0 heterocycles. The molecule has 1 aliphatic carbocycles. The van der Waals surface area contributed by atoms with Gasteiger partial charge in [0, 0.05) is 11.3 Å². The molecule has 0 aromatic carbocycles. The highest BCUT2D eigenvalue weighted by Gasteiger charge is 2.36. The number of hydrogen-bond acceptors (Lipinski definition) is 3. The van der Waals surface area contributed by atoms with Gasteiger partial charge in [0.15, 0.2) is 0 Å². The van der Waals surface area contributed by atoms with Crippen LogP contribution in [0.5, 0.6) is 0 Å². The second-order valence-corrected chi connectivity index (χ2v) is 5.40. The van der Waals surface area contributed by atoms with Gasteiger partial charge < -0.3 is 15.7 Å². The molecule has 0 saturated heterocycles. The van der Waals surface area contributed by atoms with Crippen molar-refractivity contribution < 1.29 is 14.7 Å². The van der Waals surface area contributed by atoms with E-state index in [1.54, 1.807) is 11.8 Å². The van der Waals surface area contributed by atoms with Gasteiger partial charge in [0.25, 0.3) is 0 Å². The van der Waals surface area contributed by atoms with Crippen LogP contribution in [0.15, 0.2) is 0 Å². The summed E-state index contributed by atoms with van der Waals surface area (Å²) in [6.07, 6.45) is 5.47. The second kappa shape index (κ2) is 5.43. The lowest BCUT2D eigenvalue weighted by atomic mass is 9.84. The van der Waals surface area contributed by atoms with Crippen LogP contribution in [0.4, 0.5) is 4.79 Å². The maximum atomic E-state index is 11.4. The van der Waals surface area contributed by atoms with Crippen molar-refractivity contribution in [2.75, 3.05) is 12.8 Å². The number of thioether (sulfide) groups is 1. The lowest BCUT2D eigenvalue weighted by Crippen LogP contribution is -2.50. The highest BCUT2D eigenvalue weighted by molar-refractivity contribution is 8.00. The summed E-state index contributed by atoms with van der Waals surface area (Å²) in [6, 6.07) is -1.26. The van der Waals surface area contributed by atoms with Gasteiger partial charge in [-0.1, -0.05) is 6.42 Å². The fourth-order valence-electron chi connectivity index (χ4n) is 1.57. The molecule has 0 aliphatic heterocycles. The lowest BCUT2D eigenvalue weighted by molar-refractivity contribution is -0.138. The predicted molar refractivity (Wildman–Crippen MR) is 63.7 cm³/mol. The summed E-state index contributed by atoms with van der Waals surface area (Å²) in [6.45, 7) is 2.04. The van der Waals surface area contributed by atoms with Crippen LogP contribution in [-0.2, 0) is 4.79 Å². The molecule has 1 saturated carbocycles. The van der Waals surface area contributed by atoms with Crippen LogP contribution < -0.4 is 10.6 Å². The first-order valence-electron chi connectivity index (χ1n) is 5.31. The third-order valence-corrected chi connectivity index (χ3v) is 4.41. The molecule has 0 spiro atoms. The minimum Gasteiger partial charge on any atom is -0.480 e. The van der Waals surface area contributed by atoms with Gasteiger partial charge in [-0.15, -0.1) is 0 Å². The van der Waals surface area contributed by atoms with E-state index in [0.717, 1.165) is 12.8 Å². The standard InChI is InChI=1S/C10H18N2O3S/c1-7(8(13)14)12-9(15)11-6-10(16-2)4-3-5-10/h7H,3-6H2,1-2H3,(H,13,14)(H2,11,12,15). The van der Waals surface area contributed by atoms with Gasteiger partial charge in [-0.25, -0.2) is 4.79 Å². The first kappa shape index (κ1) is 13.2. The molecule has 1 aliphatic rings. The fourth-order valence-corrected chi connectivity index (χ4v) is 2.49. The van der Waals surface area contributed by atoms with Crippen molar-refractivity contribution in [2.24, 2.45) is 0 Å². The van der Waals surface area contributed by atoms with E-state index in [1.165, 1.54) is 13.3 Å². The van der Waals surface area contributed by atoms with E-state index in [2.05, 4.69) is 10.6 Å². The minimum atomic E-state index is -1.03. The fraction of sp³-hybridized carbons (Fsp3) is 0.800. The number of hydrogen-bond donors (Lipinski definition) is 3. The van der Waals surface area contributed by atoms with Crippen molar-refractivity contribution >= 4 is 23.8 Å². The topological polar surface area (TPSA) is 78.4 Å². The van der Waals surface area contributed by atoms with Crippen LogP contribution >= 0.6 is 11.8 Å². The average Bonchev–Trinajstić information content (AvgIpc) is 2.16. The lowest BCUT2D eigenvalue weighted by Gasteiger charge is -2.40. The van der Waals surface area contributed by atoms with Crippen LogP contribution in [0.3, 0.4) is 0 Å². The Morgan fingerprint density at radius 3 is 2.50 bits per heavy atom. The Bertz CT molecular complexity index is 274. The van der Waals surface area contributed by atoms with Crippen molar-refractivity contribution in [3.05, 3.63) is 0 Å². The molecule has 92 valence electrons. The summed E-state index contributed by atoms with van der Waals surface area (Å²) in [7, 11) is 0. The average molecular weight is 246 g/mol. The zero-order chi connectivity index (χ0) is 12.2. The van der Waals surface area contributed by atoms with Gasteiger partial charge >= 0.3 is 12.0 Å². The third kappa shape index (κ3) is 3.30. The van der Waals surface area contributed by atoms with E-state index in [1.807, 2.05) is 6.26 Å². The molecule has 1 fully saturated rings. The maximum Gasteiger partial charge on any atom is 0.325 e. The van der Waals surface area contributed by atoms with Crippen LogP contribution in [0, 0.1) is 0 Å². The number of amides is 2. The summed E-state index contributed by atoms with van der Waals surface area (Å²) in [5.41, 5.74) is 0. The smallest absolute Gasteiger partial charge is 0.325 e. The zero-order valence-electron chi connectivity index (χ0n) is 9.58. The van der Waals surface area contributed by atoms with Gasteiger partial charge in [0.2, 0.25) is 0 Å². The highest BCUT2D eigenvalue weighted by atomic mass is 32.2. The van der Waals surface area contributed by atoms with E-state index in [4.69, 9.17) is 5.11 Å². The Balaban J connectivity index is 2.27. The third-order valence-electron chi connectivity index (χ3n) is 2.99. The molecule has 0 aromatic rings. The van der Waals surface area contributed by atoms with Gasteiger partial charge in [-0.2, -0.15) is 11.8 Å². The Hall–Kier alpha value is -0.910. The van der Waals surface area contributed by atoms with Crippen LogP contribution in [0.2, 0.25) is 0 Å². The molecule has 0 aromatic heterocycles. The van der Waals surface area contributed by atoms with Crippen molar-refractivity contribution in [1.29, 1.82) is 0 Å². The molecular formula is C10H18N2O3S. The van der Waals surface area contributed by atoms with Crippen molar-refractivity contribution in [1.82, 2.24) is 10.6 Å². The predicted octanol–water partition coefficient (Wildman–Crippen LogP) is 1.04. The summed E-state index contributed by atoms with van der Waals surface area (Å²) in [5, 5.41) is 13.7. The number of urea groups is 1. The number of carboxylic acid groups (broad SMARTS) is 1. The number of nitrogens with one attached hydrogen (secondary N) is 2. The molecule has 1 atom stereocenters. The van der Waals surface area contributed by atoms with E-state index >= 15 is 0 Å². The normalized spacial score (nSPS) is 19.4. The van der Waals surface area contributed by atoms with Gasteiger partial charge in [0.1, 0.15) is 6.04 Å². The zero-order valence-corrected chi connectivity index (χ0v) is 10.4. The molecule has 1 unspecified atom stereocenters. The van der Waals surface area contributed by atoms with Gasteiger partial charge in [0.05, 0.1) is 0 Å². The van der Waals surface area contributed by atoms with E-state index < -0.39 is 18.0 Å². The molecule has 16 heavy (non-hydrogen) atoms. The first-order chi connectivity index (χ1) is 7.49. The number of carbonyl (C=O) groups is 2. The van der Waals surface area contributed by atoms with Crippen LogP contribution in [0.25, 0.3) is 0 Å². The number of carbonyl (C=O) groups excluding carboxylic acids is 1. The van der Waals surface area contributed by atoms with Gasteiger partial charge in [-0.3, -0.25) is 4.79 Å². The Morgan fingerprint density at radius 2 is 2.12 bits per heavy atom. The van der Waals surface area contributed by atoms with E-state index in [-0.39, 0.29) is 4.75 Å². The molecule has 0 bridgehead atoms.